The molecule has 6 nitrogen and oxygen atoms in total. The number of nitrogens with zero attached hydrogens (tertiary/aromatic N) is 3. The highest BCUT2D eigenvalue weighted by Crippen LogP contribution is 2.34. The maximum Gasteiger partial charge on any atom is 0.338 e. The molecule has 20 heavy (non-hydrogen) atoms. The van der Waals surface area contributed by atoms with Gasteiger partial charge in [0.1, 0.15) is 0 Å². The molecular formula is C14H11N3O3. The van der Waals surface area contributed by atoms with Crippen LogP contribution in [0.15, 0.2) is 36.4 Å². The molecule has 0 amide bonds. The minimum atomic E-state index is -0.475. The van der Waals surface area contributed by atoms with Crippen LogP contribution in [0.1, 0.15) is 6.92 Å². The summed E-state index contributed by atoms with van der Waals surface area (Å²) in [5.41, 5.74) is 1.93. The fraction of sp³-hybridized carbons (Fsp3) is 0.143. The Morgan fingerprint density at radius 2 is 1.80 bits per heavy atom. The molecule has 0 saturated heterocycles. The third kappa shape index (κ3) is 1.91. The van der Waals surface area contributed by atoms with Gasteiger partial charge in [-0.15, -0.1) is 0 Å². The van der Waals surface area contributed by atoms with Crippen molar-refractivity contribution in [3.63, 3.8) is 0 Å². The van der Waals surface area contributed by atoms with E-state index in [2.05, 4.69) is 9.97 Å². The van der Waals surface area contributed by atoms with Crippen LogP contribution >= 0.6 is 0 Å². The van der Waals surface area contributed by atoms with Gasteiger partial charge in [0.15, 0.2) is 11.3 Å². The van der Waals surface area contributed by atoms with Gasteiger partial charge in [0, 0.05) is 0 Å². The van der Waals surface area contributed by atoms with Crippen LogP contribution in [0, 0.1) is 10.1 Å². The van der Waals surface area contributed by atoms with Crippen molar-refractivity contribution in [2.45, 2.75) is 6.92 Å². The average Bonchev–Trinajstić information content (AvgIpc) is 2.45. The van der Waals surface area contributed by atoms with Crippen LogP contribution in [0.25, 0.3) is 22.1 Å². The standard InChI is InChI=1S/C14H11N3O3/c1-2-20-12-8-7-11-13(14(12)17(18)19)16-10-6-4-3-5-9(10)15-11/h3-8H,2H2,1H3. The molecule has 1 heterocycles. The van der Waals surface area contributed by atoms with Gasteiger partial charge in [0.05, 0.1) is 28.1 Å². The highest BCUT2D eigenvalue weighted by atomic mass is 16.6. The zero-order valence-corrected chi connectivity index (χ0v) is 10.7. The number of aromatic nitrogens is 2. The summed E-state index contributed by atoms with van der Waals surface area (Å²) in [6.07, 6.45) is 0. The smallest absolute Gasteiger partial charge is 0.338 e. The van der Waals surface area contributed by atoms with Gasteiger partial charge < -0.3 is 4.74 Å². The zero-order valence-electron chi connectivity index (χ0n) is 10.7. The van der Waals surface area contributed by atoms with Crippen molar-refractivity contribution in [1.82, 2.24) is 9.97 Å². The van der Waals surface area contributed by atoms with E-state index >= 15 is 0 Å². The fourth-order valence-electron chi connectivity index (χ4n) is 2.10. The van der Waals surface area contributed by atoms with Crippen molar-refractivity contribution in [2.24, 2.45) is 0 Å². The van der Waals surface area contributed by atoms with Crippen molar-refractivity contribution < 1.29 is 9.66 Å². The summed E-state index contributed by atoms with van der Waals surface area (Å²) in [5.74, 6) is 0.217. The number of fused-ring (bicyclic) bond motifs is 2. The van der Waals surface area contributed by atoms with Crippen LogP contribution in [-0.4, -0.2) is 21.5 Å². The number of rotatable bonds is 3. The quantitative estimate of drug-likeness (QED) is 0.414. The highest BCUT2D eigenvalue weighted by Gasteiger charge is 2.22. The molecule has 2 aromatic carbocycles. The molecule has 3 aromatic rings. The van der Waals surface area contributed by atoms with Crippen LogP contribution in [0.3, 0.4) is 0 Å². The van der Waals surface area contributed by atoms with Crippen molar-refractivity contribution >= 4 is 27.8 Å². The van der Waals surface area contributed by atoms with Crippen molar-refractivity contribution in [3.05, 3.63) is 46.5 Å². The number of hydrogen-bond acceptors (Lipinski definition) is 5. The van der Waals surface area contributed by atoms with Gasteiger partial charge in [-0.1, -0.05) is 12.1 Å². The van der Waals surface area contributed by atoms with Crippen LogP contribution < -0.4 is 4.74 Å². The summed E-state index contributed by atoms with van der Waals surface area (Å²) in [7, 11) is 0. The molecule has 0 atom stereocenters. The molecule has 0 bridgehead atoms. The van der Waals surface area contributed by atoms with Crippen LogP contribution in [-0.2, 0) is 0 Å². The maximum absolute atomic E-state index is 11.3. The van der Waals surface area contributed by atoms with Gasteiger partial charge in [-0.25, -0.2) is 9.97 Å². The van der Waals surface area contributed by atoms with Crippen LogP contribution in [0.2, 0.25) is 0 Å². The first-order chi connectivity index (χ1) is 9.70. The SMILES string of the molecule is CCOc1ccc2nc3ccccc3nc2c1[N+](=O)[O-]. The summed E-state index contributed by atoms with van der Waals surface area (Å²) in [5, 5.41) is 11.3. The van der Waals surface area contributed by atoms with Gasteiger partial charge in [0.2, 0.25) is 0 Å². The normalized spacial score (nSPS) is 10.8. The second kappa shape index (κ2) is 4.73. The van der Waals surface area contributed by atoms with Gasteiger partial charge >= 0.3 is 5.69 Å². The summed E-state index contributed by atoms with van der Waals surface area (Å²) in [6, 6.07) is 10.5. The molecule has 1 aromatic heterocycles. The van der Waals surface area contributed by atoms with E-state index in [1.165, 1.54) is 0 Å². The van der Waals surface area contributed by atoms with E-state index in [9.17, 15) is 10.1 Å². The van der Waals surface area contributed by atoms with E-state index in [0.29, 0.717) is 23.2 Å². The first-order valence-electron chi connectivity index (χ1n) is 6.17. The van der Waals surface area contributed by atoms with E-state index in [0.717, 1.165) is 0 Å². The first kappa shape index (κ1) is 12.3. The molecule has 0 N–H and O–H groups in total. The van der Waals surface area contributed by atoms with Gasteiger partial charge in [-0.3, -0.25) is 10.1 Å². The van der Waals surface area contributed by atoms with E-state index < -0.39 is 4.92 Å². The Kier molecular flexibility index (Phi) is 2.90. The minimum absolute atomic E-state index is 0.136. The van der Waals surface area contributed by atoms with Crippen molar-refractivity contribution in [3.8, 4) is 5.75 Å². The molecule has 0 aliphatic carbocycles. The lowest BCUT2D eigenvalue weighted by molar-refractivity contribution is -0.384. The van der Waals surface area contributed by atoms with Crippen LogP contribution in [0.4, 0.5) is 5.69 Å². The molecule has 3 rings (SSSR count). The lowest BCUT2D eigenvalue weighted by Gasteiger charge is -2.06. The van der Waals surface area contributed by atoms with Gasteiger partial charge in [-0.2, -0.15) is 0 Å². The summed E-state index contributed by atoms with van der Waals surface area (Å²) < 4.78 is 5.31. The largest absolute Gasteiger partial charge is 0.487 e. The Bertz CT molecular complexity index is 817. The van der Waals surface area contributed by atoms with E-state index in [1.54, 1.807) is 25.1 Å². The summed E-state index contributed by atoms with van der Waals surface area (Å²) in [6.45, 7) is 2.13. The first-order valence-corrected chi connectivity index (χ1v) is 6.17. The second-order valence-electron chi connectivity index (χ2n) is 4.18. The Hall–Kier alpha value is -2.76. The Morgan fingerprint density at radius 3 is 2.45 bits per heavy atom. The number of ether oxygens (including phenoxy) is 1. The second-order valence-corrected chi connectivity index (χ2v) is 4.18. The molecule has 0 spiro atoms. The van der Waals surface area contributed by atoms with Gasteiger partial charge in [-0.05, 0) is 31.2 Å². The van der Waals surface area contributed by atoms with Gasteiger partial charge in [0.25, 0.3) is 0 Å². The maximum atomic E-state index is 11.3. The number of para-hydroxylation sites is 2. The van der Waals surface area contributed by atoms with E-state index in [-0.39, 0.29) is 17.0 Å². The molecule has 0 saturated carbocycles. The third-order valence-corrected chi connectivity index (χ3v) is 2.93. The number of hydrogen-bond donors (Lipinski definition) is 0. The minimum Gasteiger partial charge on any atom is -0.487 e. The topological polar surface area (TPSA) is 78.2 Å². The molecule has 0 aliphatic heterocycles. The number of benzene rings is 2. The lowest BCUT2D eigenvalue weighted by Crippen LogP contribution is -2.00. The molecule has 0 unspecified atom stereocenters. The average molecular weight is 269 g/mol. The Balaban J connectivity index is 2.39. The molecule has 0 fully saturated rings. The van der Waals surface area contributed by atoms with Crippen molar-refractivity contribution in [2.75, 3.05) is 6.61 Å². The predicted octanol–water partition coefficient (Wildman–Crippen LogP) is 3.09. The molecule has 0 aliphatic rings. The Labute approximate surface area is 114 Å². The lowest BCUT2D eigenvalue weighted by atomic mass is 10.2. The summed E-state index contributed by atoms with van der Waals surface area (Å²) >= 11 is 0. The monoisotopic (exact) mass is 269 g/mol. The van der Waals surface area contributed by atoms with E-state index in [4.69, 9.17) is 4.74 Å². The van der Waals surface area contributed by atoms with E-state index in [1.807, 2.05) is 18.2 Å². The van der Waals surface area contributed by atoms with Crippen molar-refractivity contribution in [1.29, 1.82) is 0 Å². The third-order valence-electron chi connectivity index (χ3n) is 2.93. The highest BCUT2D eigenvalue weighted by molar-refractivity contribution is 5.93. The fourth-order valence-corrected chi connectivity index (χ4v) is 2.10. The summed E-state index contributed by atoms with van der Waals surface area (Å²) in [4.78, 5) is 19.6. The molecule has 100 valence electrons. The number of nitro groups is 1. The number of nitro benzene ring substituents is 1. The molecule has 6 heteroatoms. The predicted molar refractivity (Wildman–Crippen MR) is 74.9 cm³/mol. The molecule has 0 radical (unpaired) electrons. The zero-order chi connectivity index (χ0) is 14.1. The molecular weight excluding hydrogens is 258 g/mol. The Morgan fingerprint density at radius 1 is 1.10 bits per heavy atom. The van der Waals surface area contributed by atoms with Crippen LogP contribution in [0.5, 0.6) is 5.75 Å².